The molecule has 1 aliphatic heterocycles. The minimum Gasteiger partial charge on any atom is -0.327 e. The maximum absolute atomic E-state index is 12.2. The SMILES string of the molecule is NC1CCC2CN(CC(=O)Nc3ccc(Br)cc3Cl)CC12. The molecule has 1 heterocycles. The number of anilines is 1. The molecular formula is C15H19BrClN3O. The maximum atomic E-state index is 12.2. The molecule has 1 amide bonds. The molecule has 0 aromatic heterocycles. The fourth-order valence-corrected chi connectivity index (χ4v) is 4.23. The molecule has 6 heteroatoms. The second-order valence-corrected chi connectivity index (χ2v) is 7.35. The Morgan fingerprint density at radius 2 is 2.24 bits per heavy atom. The van der Waals surface area contributed by atoms with Crippen molar-refractivity contribution in [2.45, 2.75) is 18.9 Å². The van der Waals surface area contributed by atoms with E-state index in [0.717, 1.165) is 24.0 Å². The highest BCUT2D eigenvalue weighted by molar-refractivity contribution is 9.10. The zero-order valence-corrected chi connectivity index (χ0v) is 14.0. The average molecular weight is 373 g/mol. The number of nitrogens with one attached hydrogen (secondary N) is 1. The molecular weight excluding hydrogens is 354 g/mol. The molecule has 114 valence electrons. The summed E-state index contributed by atoms with van der Waals surface area (Å²) in [5, 5.41) is 3.42. The van der Waals surface area contributed by atoms with Crippen LogP contribution in [0.4, 0.5) is 5.69 Å². The number of nitrogens with two attached hydrogens (primary N) is 1. The molecule has 3 rings (SSSR count). The monoisotopic (exact) mass is 371 g/mol. The standard InChI is InChI=1S/C15H19BrClN3O/c16-10-2-4-14(12(17)5-10)19-15(21)8-20-6-9-1-3-13(18)11(9)7-20/h2,4-5,9,11,13H,1,3,6-8,18H2,(H,19,21). The summed E-state index contributed by atoms with van der Waals surface area (Å²) in [7, 11) is 0. The van der Waals surface area contributed by atoms with Crippen LogP contribution in [0.3, 0.4) is 0 Å². The summed E-state index contributed by atoms with van der Waals surface area (Å²) in [6, 6.07) is 5.75. The summed E-state index contributed by atoms with van der Waals surface area (Å²) in [6.45, 7) is 2.33. The highest BCUT2D eigenvalue weighted by Gasteiger charge is 2.41. The van der Waals surface area contributed by atoms with Crippen molar-refractivity contribution in [3.05, 3.63) is 27.7 Å². The summed E-state index contributed by atoms with van der Waals surface area (Å²) in [5.41, 5.74) is 6.78. The van der Waals surface area contributed by atoms with Crippen molar-refractivity contribution in [3.8, 4) is 0 Å². The third-order valence-corrected chi connectivity index (χ3v) is 5.37. The lowest BCUT2D eigenvalue weighted by molar-refractivity contribution is -0.117. The molecule has 1 aromatic rings. The molecule has 2 fully saturated rings. The van der Waals surface area contributed by atoms with E-state index < -0.39 is 0 Å². The minimum absolute atomic E-state index is 0.0206. The average Bonchev–Trinajstić information content (AvgIpc) is 2.95. The van der Waals surface area contributed by atoms with E-state index in [1.165, 1.54) is 6.42 Å². The van der Waals surface area contributed by atoms with Crippen LogP contribution in [-0.2, 0) is 4.79 Å². The Morgan fingerprint density at radius 3 is 2.95 bits per heavy atom. The van der Waals surface area contributed by atoms with Gasteiger partial charge in [0.2, 0.25) is 5.91 Å². The minimum atomic E-state index is -0.0206. The highest BCUT2D eigenvalue weighted by atomic mass is 79.9. The van der Waals surface area contributed by atoms with Gasteiger partial charge in [0, 0.05) is 23.6 Å². The van der Waals surface area contributed by atoms with Crippen molar-refractivity contribution < 1.29 is 4.79 Å². The first kappa shape index (κ1) is 15.3. The van der Waals surface area contributed by atoms with E-state index in [2.05, 4.69) is 26.1 Å². The van der Waals surface area contributed by atoms with Gasteiger partial charge in [0.15, 0.2) is 0 Å². The molecule has 3 unspecified atom stereocenters. The molecule has 3 atom stereocenters. The van der Waals surface area contributed by atoms with Gasteiger partial charge in [-0.15, -0.1) is 0 Å². The number of benzene rings is 1. The fourth-order valence-electron chi connectivity index (χ4n) is 3.51. The summed E-state index contributed by atoms with van der Waals surface area (Å²) in [6.07, 6.45) is 2.33. The van der Waals surface area contributed by atoms with Crippen molar-refractivity contribution in [2.24, 2.45) is 17.6 Å². The van der Waals surface area contributed by atoms with Crippen LogP contribution in [0.1, 0.15) is 12.8 Å². The molecule has 1 saturated heterocycles. The predicted octanol–water partition coefficient (Wildman–Crippen LogP) is 2.71. The van der Waals surface area contributed by atoms with Crippen molar-refractivity contribution in [1.29, 1.82) is 0 Å². The number of hydrogen-bond donors (Lipinski definition) is 2. The van der Waals surface area contributed by atoms with Gasteiger partial charge in [-0.2, -0.15) is 0 Å². The van der Waals surface area contributed by atoms with Crippen LogP contribution in [0.2, 0.25) is 5.02 Å². The largest absolute Gasteiger partial charge is 0.327 e. The first-order valence-corrected chi connectivity index (χ1v) is 8.43. The van der Waals surface area contributed by atoms with Crippen molar-refractivity contribution in [1.82, 2.24) is 4.90 Å². The Labute approximate surface area is 138 Å². The topological polar surface area (TPSA) is 58.4 Å². The van der Waals surface area contributed by atoms with E-state index in [4.69, 9.17) is 17.3 Å². The normalized spacial score (nSPS) is 28.6. The number of hydrogen-bond acceptors (Lipinski definition) is 3. The molecule has 1 aromatic carbocycles. The first-order valence-electron chi connectivity index (χ1n) is 7.26. The Balaban J connectivity index is 1.55. The third kappa shape index (κ3) is 3.42. The molecule has 0 bridgehead atoms. The Hall–Kier alpha value is -0.620. The number of amides is 1. The third-order valence-electron chi connectivity index (χ3n) is 4.56. The number of fused-ring (bicyclic) bond motifs is 1. The zero-order valence-electron chi connectivity index (χ0n) is 11.7. The lowest BCUT2D eigenvalue weighted by Gasteiger charge is -2.18. The number of nitrogens with zero attached hydrogens (tertiary/aromatic N) is 1. The van der Waals surface area contributed by atoms with Gasteiger partial charge in [0.05, 0.1) is 17.3 Å². The number of rotatable bonds is 3. The zero-order chi connectivity index (χ0) is 15.0. The van der Waals surface area contributed by atoms with Gasteiger partial charge < -0.3 is 11.1 Å². The van der Waals surface area contributed by atoms with Crippen LogP contribution in [0.5, 0.6) is 0 Å². The Bertz CT molecular complexity index is 554. The number of carbonyl (C=O) groups excluding carboxylic acids is 1. The van der Waals surface area contributed by atoms with Crippen molar-refractivity contribution in [3.63, 3.8) is 0 Å². The first-order chi connectivity index (χ1) is 10.0. The van der Waals surface area contributed by atoms with E-state index in [1.807, 2.05) is 6.07 Å². The maximum Gasteiger partial charge on any atom is 0.238 e. The second-order valence-electron chi connectivity index (χ2n) is 6.03. The van der Waals surface area contributed by atoms with Gasteiger partial charge in [-0.05, 0) is 42.9 Å². The van der Waals surface area contributed by atoms with E-state index in [-0.39, 0.29) is 5.91 Å². The molecule has 4 nitrogen and oxygen atoms in total. The van der Waals surface area contributed by atoms with E-state index in [1.54, 1.807) is 12.1 Å². The van der Waals surface area contributed by atoms with Crippen LogP contribution in [-0.4, -0.2) is 36.5 Å². The van der Waals surface area contributed by atoms with E-state index in [0.29, 0.717) is 35.1 Å². The molecule has 3 N–H and O–H groups in total. The second kappa shape index (κ2) is 6.24. The Morgan fingerprint density at radius 1 is 1.43 bits per heavy atom. The summed E-state index contributed by atoms with van der Waals surface area (Å²) >= 11 is 9.46. The van der Waals surface area contributed by atoms with E-state index in [9.17, 15) is 4.79 Å². The van der Waals surface area contributed by atoms with Crippen LogP contribution < -0.4 is 11.1 Å². The molecule has 0 spiro atoms. The smallest absolute Gasteiger partial charge is 0.238 e. The van der Waals surface area contributed by atoms with Crippen LogP contribution in [0, 0.1) is 11.8 Å². The Kier molecular flexibility index (Phi) is 4.54. The highest BCUT2D eigenvalue weighted by Crippen LogP contribution is 2.37. The van der Waals surface area contributed by atoms with Gasteiger partial charge in [-0.1, -0.05) is 27.5 Å². The van der Waals surface area contributed by atoms with Gasteiger partial charge in [0.25, 0.3) is 0 Å². The van der Waals surface area contributed by atoms with Crippen LogP contribution in [0.25, 0.3) is 0 Å². The van der Waals surface area contributed by atoms with Crippen LogP contribution in [0.15, 0.2) is 22.7 Å². The van der Waals surface area contributed by atoms with Gasteiger partial charge in [0.1, 0.15) is 0 Å². The molecule has 21 heavy (non-hydrogen) atoms. The molecule has 1 saturated carbocycles. The van der Waals surface area contributed by atoms with Gasteiger partial charge >= 0.3 is 0 Å². The number of likely N-dealkylation sites (tertiary alicyclic amines) is 1. The van der Waals surface area contributed by atoms with E-state index >= 15 is 0 Å². The van der Waals surface area contributed by atoms with Crippen molar-refractivity contribution in [2.75, 3.05) is 25.0 Å². The summed E-state index contributed by atoms with van der Waals surface area (Å²) in [5.74, 6) is 1.21. The van der Waals surface area contributed by atoms with Crippen LogP contribution >= 0.6 is 27.5 Å². The lowest BCUT2D eigenvalue weighted by Crippen LogP contribution is -2.34. The quantitative estimate of drug-likeness (QED) is 0.857. The number of carbonyl (C=O) groups is 1. The van der Waals surface area contributed by atoms with Gasteiger partial charge in [-0.25, -0.2) is 0 Å². The molecule has 2 aliphatic rings. The van der Waals surface area contributed by atoms with Gasteiger partial charge in [-0.3, -0.25) is 9.69 Å². The summed E-state index contributed by atoms with van der Waals surface area (Å²) in [4.78, 5) is 14.4. The van der Waals surface area contributed by atoms with Crippen molar-refractivity contribution >= 4 is 39.1 Å². The summed E-state index contributed by atoms with van der Waals surface area (Å²) < 4.78 is 0.895. The lowest BCUT2D eigenvalue weighted by atomic mass is 9.98. The molecule has 0 radical (unpaired) electrons. The molecule has 1 aliphatic carbocycles. The number of halogens is 2. The fraction of sp³-hybridized carbons (Fsp3) is 0.533. The predicted molar refractivity (Wildman–Crippen MR) is 88.4 cm³/mol.